The van der Waals surface area contributed by atoms with Gasteiger partial charge >= 0.3 is 0 Å². The fourth-order valence-corrected chi connectivity index (χ4v) is 1.69. The highest BCUT2D eigenvalue weighted by atomic mass is 16.5. The van der Waals surface area contributed by atoms with E-state index in [2.05, 4.69) is 0 Å². The first-order valence-electron chi connectivity index (χ1n) is 3.59. The number of rotatable bonds is 1. The van der Waals surface area contributed by atoms with Gasteiger partial charge in [-0.2, -0.15) is 0 Å². The van der Waals surface area contributed by atoms with Crippen LogP contribution in [0.5, 0.6) is 0 Å². The zero-order valence-corrected chi connectivity index (χ0v) is 5.94. The number of hydrogen-bond donors (Lipinski definition) is 2. The summed E-state index contributed by atoms with van der Waals surface area (Å²) in [6.45, 7) is 0. The molecule has 0 aromatic rings. The van der Waals surface area contributed by atoms with Gasteiger partial charge in [-0.05, 0) is 0 Å². The summed E-state index contributed by atoms with van der Waals surface area (Å²) in [7, 11) is 0. The van der Waals surface area contributed by atoms with Crippen molar-refractivity contribution in [2.45, 2.75) is 18.2 Å². The molecule has 2 rings (SSSR count). The second kappa shape index (κ2) is 2.06. The number of carbonyl (C=O) groups is 1. The number of fused-ring (bicyclic) bond motifs is 2. The lowest BCUT2D eigenvalue weighted by molar-refractivity contribution is -0.122. The molecular weight excluding hydrogens is 144 g/mol. The van der Waals surface area contributed by atoms with E-state index in [0.717, 1.165) is 0 Å². The minimum atomic E-state index is -0.366. The summed E-state index contributed by atoms with van der Waals surface area (Å²) in [5.41, 5.74) is 10.8. The smallest absolute Gasteiger partial charge is 0.225 e. The van der Waals surface area contributed by atoms with Crippen molar-refractivity contribution in [2.24, 2.45) is 17.4 Å². The molecule has 1 saturated heterocycles. The maximum absolute atomic E-state index is 10.8. The Bertz CT molecular complexity index is 226. The summed E-state index contributed by atoms with van der Waals surface area (Å²) in [6.07, 6.45) is 3.46. The Morgan fingerprint density at radius 3 is 2.36 bits per heavy atom. The molecule has 0 radical (unpaired) electrons. The fourth-order valence-electron chi connectivity index (χ4n) is 1.69. The third-order valence-electron chi connectivity index (χ3n) is 2.28. The molecule has 4 nitrogen and oxygen atoms in total. The highest BCUT2D eigenvalue weighted by Gasteiger charge is 2.46. The van der Waals surface area contributed by atoms with Gasteiger partial charge in [0.25, 0.3) is 0 Å². The zero-order chi connectivity index (χ0) is 8.01. The van der Waals surface area contributed by atoms with E-state index in [1.165, 1.54) is 0 Å². The van der Waals surface area contributed by atoms with Crippen molar-refractivity contribution in [3.8, 4) is 0 Å². The zero-order valence-electron chi connectivity index (χ0n) is 5.94. The Morgan fingerprint density at radius 2 is 2.00 bits per heavy atom. The topological polar surface area (TPSA) is 78.3 Å². The van der Waals surface area contributed by atoms with Gasteiger partial charge in [0.2, 0.25) is 5.91 Å². The molecule has 60 valence electrons. The summed E-state index contributed by atoms with van der Waals surface area (Å²) < 4.78 is 5.32. The van der Waals surface area contributed by atoms with Crippen molar-refractivity contribution < 1.29 is 9.53 Å². The summed E-state index contributed by atoms with van der Waals surface area (Å²) >= 11 is 0. The van der Waals surface area contributed by atoms with Crippen LogP contribution in [0, 0.1) is 5.92 Å². The second-order valence-corrected chi connectivity index (χ2v) is 2.96. The Balaban J connectivity index is 2.25. The van der Waals surface area contributed by atoms with Crippen LogP contribution in [0.15, 0.2) is 12.2 Å². The fraction of sp³-hybridized carbons (Fsp3) is 0.571. The molecule has 0 saturated carbocycles. The van der Waals surface area contributed by atoms with Crippen LogP contribution < -0.4 is 11.5 Å². The molecule has 0 aromatic carbocycles. The maximum atomic E-state index is 10.8. The van der Waals surface area contributed by atoms with Crippen molar-refractivity contribution in [1.82, 2.24) is 0 Å². The van der Waals surface area contributed by atoms with Crippen LogP contribution >= 0.6 is 0 Å². The third-order valence-corrected chi connectivity index (χ3v) is 2.28. The highest BCUT2D eigenvalue weighted by molar-refractivity contribution is 5.79. The monoisotopic (exact) mass is 154 g/mol. The third kappa shape index (κ3) is 0.797. The SMILES string of the molecule is NC(=O)[C@H]1[C@H](N)[C@@H]2C=C[C@H]1O2. The molecule has 11 heavy (non-hydrogen) atoms. The molecule has 0 unspecified atom stereocenters. The van der Waals surface area contributed by atoms with Gasteiger partial charge in [0.1, 0.15) is 0 Å². The second-order valence-electron chi connectivity index (χ2n) is 2.96. The highest BCUT2D eigenvalue weighted by Crippen LogP contribution is 2.32. The van der Waals surface area contributed by atoms with Crippen LogP contribution in [0.4, 0.5) is 0 Å². The van der Waals surface area contributed by atoms with Gasteiger partial charge < -0.3 is 16.2 Å². The van der Waals surface area contributed by atoms with Gasteiger partial charge in [0.05, 0.1) is 18.1 Å². The van der Waals surface area contributed by atoms with Gasteiger partial charge in [-0.15, -0.1) is 0 Å². The molecule has 2 aliphatic heterocycles. The first-order valence-corrected chi connectivity index (χ1v) is 3.59. The number of nitrogens with two attached hydrogens (primary N) is 2. The Hall–Kier alpha value is -0.870. The van der Waals surface area contributed by atoms with Crippen molar-refractivity contribution in [1.29, 1.82) is 0 Å². The lowest BCUT2D eigenvalue weighted by Gasteiger charge is -2.17. The van der Waals surface area contributed by atoms with E-state index in [9.17, 15) is 4.79 Å². The lowest BCUT2D eigenvalue weighted by atomic mass is 9.89. The van der Waals surface area contributed by atoms with Gasteiger partial charge in [-0.1, -0.05) is 12.2 Å². The number of amides is 1. The van der Waals surface area contributed by atoms with Gasteiger partial charge in [-0.3, -0.25) is 4.79 Å². The largest absolute Gasteiger partial charge is 0.369 e. The predicted octanol–water partition coefficient (Wildman–Crippen LogP) is -1.25. The van der Waals surface area contributed by atoms with Gasteiger partial charge in [0, 0.05) is 6.04 Å². The summed E-state index contributed by atoms with van der Waals surface area (Å²) in [4.78, 5) is 10.8. The number of ether oxygens (including phenoxy) is 1. The first-order chi connectivity index (χ1) is 5.20. The molecule has 4 heteroatoms. The molecule has 1 amide bonds. The molecule has 0 aromatic heterocycles. The lowest BCUT2D eigenvalue weighted by Crippen LogP contribution is -2.44. The Kier molecular flexibility index (Phi) is 1.27. The minimum Gasteiger partial charge on any atom is -0.369 e. The summed E-state index contributed by atoms with van der Waals surface area (Å²) in [5, 5.41) is 0. The normalized spacial score (nSPS) is 46.6. The van der Waals surface area contributed by atoms with Crippen LogP contribution in [0.2, 0.25) is 0 Å². The van der Waals surface area contributed by atoms with Crippen LogP contribution in [-0.2, 0) is 9.53 Å². The average molecular weight is 154 g/mol. The number of primary amides is 1. The minimum absolute atomic E-state index is 0.0995. The number of carbonyl (C=O) groups excluding carboxylic acids is 1. The number of hydrogen-bond acceptors (Lipinski definition) is 3. The quantitative estimate of drug-likeness (QED) is 0.463. The van der Waals surface area contributed by atoms with E-state index in [0.29, 0.717) is 0 Å². The van der Waals surface area contributed by atoms with Crippen LogP contribution in [0.25, 0.3) is 0 Å². The van der Waals surface area contributed by atoms with E-state index in [1.807, 2.05) is 12.2 Å². The van der Waals surface area contributed by atoms with Crippen LogP contribution in [0.1, 0.15) is 0 Å². The van der Waals surface area contributed by atoms with E-state index in [4.69, 9.17) is 16.2 Å². The molecule has 1 fully saturated rings. The van der Waals surface area contributed by atoms with E-state index < -0.39 is 0 Å². The van der Waals surface area contributed by atoms with E-state index in [1.54, 1.807) is 0 Å². The van der Waals surface area contributed by atoms with Gasteiger partial charge in [0.15, 0.2) is 0 Å². The first kappa shape index (κ1) is 6.82. The molecule has 0 aliphatic carbocycles. The molecule has 4 N–H and O–H groups in total. The molecule has 2 aliphatic rings. The van der Waals surface area contributed by atoms with Crippen molar-refractivity contribution >= 4 is 5.91 Å². The van der Waals surface area contributed by atoms with Crippen molar-refractivity contribution in [3.05, 3.63) is 12.2 Å². The standard InChI is InChI=1S/C7H10N2O2/c8-6-4-2-1-3(11-4)5(6)7(9)10/h1-6H,8H2,(H2,9,10)/t3-,4+,5-,6-/m1/s1. The van der Waals surface area contributed by atoms with E-state index in [-0.39, 0.29) is 30.1 Å². The van der Waals surface area contributed by atoms with E-state index >= 15 is 0 Å². The summed E-state index contributed by atoms with van der Waals surface area (Å²) in [6, 6.07) is -0.248. The molecule has 2 bridgehead atoms. The van der Waals surface area contributed by atoms with Crippen LogP contribution in [-0.4, -0.2) is 24.2 Å². The predicted molar refractivity (Wildman–Crippen MR) is 38.5 cm³/mol. The average Bonchev–Trinajstić information content (AvgIpc) is 2.44. The Labute approximate surface area is 64.2 Å². The molecular formula is C7H10N2O2. The molecule has 4 atom stereocenters. The maximum Gasteiger partial charge on any atom is 0.225 e. The van der Waals surface area contributed by atoms with Crippen molar-refractivity contribution in [3.63, 3.8) is 0 Å². The molecule has 0 spiro atoms. The van der Waals surface area contributed by atoms with Crippen LogP contribution in [0.3, 0.4) is 0 Å². The Morgan fingerprint density at radius 1 is 1.36 bits per heavy atom. The van der Waals surface area contributed by atoms with Crippen molar-refractivity contribution in [2.75, 3.05) is 0 Å². The summed E-state index contributed by atoms with van der Waals surface area (Å²) in [5.74, 6) is -0.695. The molecule has 2 heterocycles. The van der Waals surface area contributed by atoms with Gasteiger partial charge in [-0.25, -0.2) is 0 Å².